The van der Waals surface area contributed by atoms with E-state index in [2.05, 4.69) is 15.2 Å². The molecule has 0 fully saturated rings. The van der Waals surface area contributed by atoms with Crippen molar-refractivity contribution in [3.05, 3.63) is 0 Å². The van der Waals surface area contributed by atoms with Gasteiger partial charge in [-0.3, -0.25) is 0 Å². The van der Waals surface area contributed by atoms with Crippen LogP contribution in [0.15, 0.2) is 5.16 Å². The first kappa shape index (κ1) is 16.0. The highest BCUT2D eigenvalue weighted by Gasteiger charge is 2.27. The van der Waals surface area contributed by atoms with Crippen molar-refractivity contribution in [3.8, 4) is 0 Å². The van der Waals surface area contributed by atoms with Crippen molar-refractivity contribution in [2.45, 2.75) is 25.4 Å². The Morgan fingerprint density at radius 3 is 2.59 bits per heavy atom. The summed E-state index contributed by atoms with van der Waals surface area (Å²) in [6, 6.07) is 0. The highest BCUT2D eigenvalue weighted by atomic mass is 19.4. The molecule has 4 N–H and O–H groups in total. The first-order chi connectivity index (χ1) is 7.95. The van der Waals surface area contributed by atoms with Crippen LogP contribution >= 0.6 is 0 Å². The van der Waals surface area contributed by atoms with E-state index in [9.17, 15) is 13.2 Å². The molecule has 8 heteroatoms. The molecule has 0 aromatic rings. The van der Waals surface area contributed by atoms with Crippen molar-refractivity contribution in [2.24, 2.45) is 10.9 Å². The molecular formula is C9H18F3N3O2. The van der Waals surface area contributed by atoms with E-state index in [0.29, 0.717) is 19.5 Å². The van der Waals surface area contributed by atoms with Crippen LogP contribution < -0.4 is 11.1 Å². The highest BCUT2D eigenvalue weighted by molar-refractivity contribution is 5.79. The van der Waals surface area contributed by atoms with E-state index in [1.807, 2.05) is 0 Å². The fourth-order valence-electron chi connectivity index (χ4n) is 1.06. The van der Waals surface area contributed by atoms with Gasteiger partial charge in [0.1, 0.15) is 12.4 Å². The topological polar surface area (TPSA) is 79.9 Å². The second-order valence-corrected chi connectivity index (χ2v) is 3.47. The van der Waals surface area contributed by atoms with Crippen LogP contribution in [-0.4, -0.2) is 43.5 Å². The predicted molar refractivity (Wildman–Crippen MR) is 57.0 cm³/mol. The summed E-state index contributed by atoms with van der Waals surface area (Å²) in [5.74, 6) is 0.179. The van der Waals surface area contributed by atoms with Crippen LogP contribution in [-0.2, 0) is 4.74 Å². The number of unbranched alkanes of at least 4 members (excludes halogenated alkanes) is 1. The molecule has 5 nitrogen and oxygen atoms in total. The summed E-state index contributed by atoms with van der Waals surface area (Å²) in [6.45, 7) is -0.147. The molecule has 0 spiro atoms. The molecular weight excluding hydrogens is 239 g/mol. The number of halogens is 3. The normalized spacial score (nSPS) is 13.0. The van der Waals surface area contributed by atoms with Gasteiger partial charge in [-0.15, -0.1) is 0 Å². The van der Waals surface area contributed by atoms with Crippen LogP contribution in [0.2, 0.25) is 0 Å². The summed E-state index contributed by atoms with van der Waals surface area (Å²) in [4.78, 5) is 0. The molecule has 0 amide bonds. The van der Waals surface area contributed by atoms with E-state index in [0.717, 1.165) is 12.8 Å². The molecule has 0 atom stereocenters. The summed E-state index contributed by atoms with van der Waals surface area (Å²) in [6.07, 6.45) is -2.20. The third-order valence-electron chi connectivity index (χ3n) is 1.85. The molecule has 0 heterocycles. The lowest BCUT2D eigenvalue weighted by atomic mass is 10.2. The fraction of sp³-hybridized carbons (Fsp3) is 0.889. The summed E-state index contributed by atoms with van der Waals surface area (Å²) < 4.78 is 39.4. The summed E-state index contributed by atoms with van der Waals surface area (Å²) >= 11 is 0. The molecule has 102 valence electrons. The third kappa shape index (κ3) is 12.9. The summed E-state index contributed by atoms with van der Waals surface area (Å²) in [5, 5.41) is 14.0. The van der Waals surface area contributed by atoms with Gasteiger partial charge in [0.05, 0.1) is 6.61 Å². The second kappa shape index (κ2) is 9.06. The number of ether oxygens (including phenoxy) is 1. The Hall–Kier alpha value is -1.02. The number of alkyl halides is 3. The second-order valence-electron chi connectivity index (χ2n) is 3.47. The van der Waals surface area contributed by atoms with E-state index >= 15 is 0 Å². The van der Waals surface area contributed by atoms with Crippen molar-refractivity contribution in [3.63, 3.8) is 0 Å². The van der Waals surface area contributed by atoms with E-state index < -0.39 is 12.8 Å². The maximum Gasteiger partial charge on any atom is 0.411 e. The molecule has 0 aromatic heterocycles. The van der Waals surface area contributed by atoms with Gasteiger partial charge in [0.25, 0.3) is 0 Å². The van der Waals surface area contributed by atoms with Crippen molar-refractivity contribution < 1.29 is 23.1 Å². The van der Waals surface area contributed by atoms with Crippen LogP contribution in [0.4, 0.5) is 13.2 Å². The molecule has 0 aliphatic heterocycles. The first-order valence-electron chi connectivity index (χ1n) is 5.27. The molecule has 0 saturated carbocycles. The Kier molecular flexibility index (Phi) is 8.51. The monoisotopic (exact) mass is 257 g/mol. The van der Waals surface area contributed by atoms with Gasteiger partial charge in [-0.05, 0) is 19.4 Å². The Bertz CT molecular complexity index is 222. The Morgan fingerprint density at radius 2 is 2.00 bits per heavy atom. The molecule has 0 aromatic carbocycles. The number of oxime groups is 1. The number of amidine groups is 1. The minimum atomic E-state index is -4.26. The molecule has 0 radical (unpaired) electrons. The standard InChI is InChI=1S/C9H18F3N3O2/c10-9(11,12)7-17-6-5-14-4-2-1-3-8(13)15-16/h14,16H,1-7H2,(H2,13,15). The molecule has 0 aliphatic rings. The maximum atomic E-state index is 11.7. The van der Waals surface area contributed by atoms with Crippen molar-refractivity contribution in [1.82, 2.24) is 5.32 Å². The molecule has 0 saturated heterocycles. The zero-order valence-corrected chi connectivity index (χ0v) is 9.46. The van der Waals surface area contributed by atoms with E-state index in [1.54, 1.807) is 0 Å². The van der Waals surface area contributed by atoms with Crippen molar-refractivity contribution >= 4 is 5.84 Å². The van der Waals surface area contributed by atoms with Crippen LogP contribution in [0.25, 0.3) is 0 Å². The van der Waals surface area contributed by atoms with E-state index in [4.69, 9.17) is 10.9 Å². The van der Waals surface area contributed by atoms with Gasteiger partial charge in [-0.25, -0.2) is 0 Å². The molecule has 0 rings (SSSR count). The summed E-state index contributed by atoms with van der Waals surface area (Å²) in [7, 11) is 0. The lowest BCUT2D eigenvalue weighted by molar-refractivity contribution is -0.173. The Labute approximate surface area is 97.8 Å². The average Bonchev–Trinajstić information content (AvgIpc) is 2.25. The zero-order chi connectivity index (χ0) is 13.1. The molecule has 17 heavy (non-hydrogen) atoms. The number of nitrogens with zero attached hydrogens (tertiary/aromatic N) is 1. The number of nitrogens with two attached hydrogens (primary N) is 1. The number of rotatable bonds is 9. The van der Waals surface area contributed by atoms with Crippen LogP contribution in [0.1, 0.15) is 19.3 Å². The zero-order valence-electron chi connectivity index (χ0n) is 9.46. The lowest BCUT2D eigenvalue weighted by Crippen LogP contribution is -2.24. The maximum absolute atomic E-state index is 11.7. The first-order valence-corrected chi connectivity index (χ1v) is 5.27. The minimum Gasteiger partial charge on any atom is -0.409 e. The summed E-state index contributed by atoms with van der Waals surface area (Å²) in [5.41, 5.74) is 5.25. The number of hydrogen-bond acceptors (Lipinski definition) is 4. The van der Waals surface area contributed by atoms with Gasteiger partial charge in [0.15, 0.2) is 0 Å². The van der Waals surface area contributed by atoms with Crippen LogP contribution in [0.5, 0.6) is 0 Å². The number of nitrogens with one attached hydrogen (secondary N) is 1. The Balaban J connectivity index is 3.14. The van der Waals surface area contributed by atoms with Gasteiger partial charge >= 0.3 is 6.18 Å². The van der Waals surface area contributed by atoms with Gasteiger partial charge in [0, 0.05) is 13.0 Å². The van der Waals surface area contributed by atoms with Crippen LogP contribution in [0, 0.1) is 0 Å². The quantitative estimate of drug-likeness (QED) is 0.190. The SMILES string of the molecule is N/C(CCCCNCCOCC(F)(F)F)=N\O. The average molecular weight is 257 g/mol. The van der Waals surface area contributed by atoms with Gasteiger partial charge in [-0.1, -0.05) is 5.16 Å². The Morgan fingerprint density at radius 1 is 1.29 bits per heavy atom. The molecule has 0 unspecified atom stereocenters. The van der Waals surface area contributed by atoms with E-state index in [-0.39, 0.29) is 12.4 Å². The predicted octanol–water partition coefficient (Wildman–Crippen LogP) is 1.07. The molecule has 0 aliphatic carbocycles. The third-order valence-corrected chi connectivity index (χ3v) is 1.85. The smallest absolute Gasteiger partial charge is 0.409 e. The highest BCUT2D eigenvalue weighted by Crippen LogP contribution is 2.13. The van der Waals surface area contributed by atoms with Crippen molar-refractivity contribution in [1.29, 1.82) is 0 Å². The van der Waals surface area contributed by atoms with E-state index in [1.165, 1.54) is 0 Å². The lowest BCUT2D eigenvalue weighted by Gasteiger charge is -2.08. The van der Waals surface area contributed by atoms with Gasteiger partial charge in [0.2, 0.25) is 0 Å². The number of hydrogen-bond donors (Lipinski definition) is 3. The molecule has 0 bridgehead atoms. The van der Waals surface area contributed by atoms with Gasteiger partial charge in [-0.2, -0.15) is 13.2 Å². The minimum absolute atomic E-state index is 0.0275. The fourth-order valence-corrected chi connectivity index (χ4v) is 1.06. The van der Waals surface area contributed by atoms with Crippen LogP contribution in [0.3, 0.4) is 0 Å². The largest absolute Gasteiger partial charge is 0.411 e. The van der Waals surface area contributed by atoms with Crippen molar-refractivity contribution in [2.75, 3.05) is 26.3 Å². The van der Waals surface area contributed by atoms with Gasteiger partial charge < -0.3 is 21.0 Å².